The number of nitrogens with zero attached hydrogens (tertiary/aromatic N) is 7. The Bertz CT molecular complexity index is 1230. The molecule has 9 nitrogen and oxygen atoms in total. The van der Waals surface area contributed by atoms with Gasteiger partial charge < -0.3 is 10.2 Å². The predicted octanol–water partition coefficient (Wildman–Crippen LogP) is 2.27. The van der Waals surface area contributed by atoms with Crippen molar-refractivity contribution in [2.24, 2.45) is 28.2 Å². The number of aliphatic imine (C=N–C) groups is 1. The molecule has 2 saturated heterocycles. The van der Waals surface area contributed by atoms with Gasteiger partial charge in [-0.25, -0.2) is 0 Å². The van der Waals surface area contributed by atoms with Crippen LogP contribution in [0.5, 0.6) is 0 Å². The van der Waals surface area contributed by atoms with Crippen LogP contribution in [0.3, 0.4) is 0 Å². The summed E-state index contributed by atoms with van der Waals surface area (Å²) in [7, 11) is 3.54. The van der Waals surface area contributed by atoms with Crippen LogP contribution in [0.15, 0.2) is 27.3 Å². The summed E-state index contributed by atoms with van der Waals surface area (Å²) in [5, 5.41) is 18.0. The maximum absolute atomic E-state index is 13.6. The number of carbonyl (C=O) groups excluding carboxylic acids is 1. The Labute approximate surface area is 194 Å². The number of hydrogen-bond donors (Lipinski definition) is 1. The fourth-order valence-corrected chi connectivity index (χ4v) is 5.91. The zero-order valence-corrected chi connectivity index (χ0v) is 19.2. The number of piperazine rings is 1. The van der Waals surface area contributed by atoms with Crippen molar-refractivity contribution in [1.29, 1.82) is 0 Å². The van der Waals surface area contributed by atoms with Gasteiger partial charge in [0.1, 0.15) is 11.1 Å². The zero-order valence-electron chi connectivity index (χ0n) is 17.7. The van der Waals surface area contributed by atoms with Gasteiger partial charge in [0.25, 0.3) is 0 Å². The van der Waals surface area contributed by atoms with Crippen LogP contribution in [-0.4, -0.2) is 75.2 Å². The molecule has 4 aliphatic heterocycles. The third-order valence-electron chi connectivity index (χ3n) is 6.88. The Morgan fingerprint density at radius 3 is 2.59 bits per heavy atom. The van der Waals surface area contributed by atoms with Crippen LogP contribution < -0.4 is 5.32 Å². The van der Waals surface area contributed by atoms with Crippen LogP contribution in [0.1, 0.15) is 24.8 Å². The van der Waals surface area contributed by atoms with Crippen molar-refractivity contribution in [2.45, 2.75) is 31.3 Å². The van der Waals surface area contributed by atoms with E-state index in [-0.39, 0.29) is 5.91 Å². The molecule has 2 fully saturated rings. The SMILES string of the molecule is CN1C(=O)C2C(=NN=C2c2ccc3nn(C)c(Cl)c3c2Cl)N=C1N1C2CCCC1CNC2. The molecule has 1 aromatic carbocycles. The highest BCUT2D eigenvalue weighted by atomic mass is 35.5. The second-order valence-electron chi connectivity index (χ2n) is 8.73. The van der Waals surface area contributed by atoms with Gasteiger partial charge in [-0.1, -0.05) is 23.2 Å². The number of amidine groups is 1. The molecule has 5 heterocycles. The van der Waals surface area contributed by atoms with E-state index in [1.165, 1.54) is 6.42 Å². The molecule has 6 rings (SSSR count). The lowest BCUT2D eigenvalue weighted by Crippen LogP contribution is -2.66. The number of halogens is 2. The first kappa shape index (κ1) is 20.1. The maximum Gasteiger partial charge on any atom is 0.246 e. The van der Waals surface area contributed by atoms with Crippen LogP contribution in [0, 0.1) is 5.92 Å². The second-order valence-corrected chi connectivity index (χ2v) is 9.46. The van der Waals surface area contributed by atoms with Crippen molar-refractivity contribution >= 4 is 57.5 Å². The standard InChI is InChI=1S/C21H22Cl2N8O/c1-29-20(32)15-17(12-6-7-13-14(16(12)22)18(23)30(2)28-13)26-27-19(15)25-21(29)31-10-4-3-5-11(31)9-24-8-10/h6-7,10-11,15,24H,3-5,8-9H2,1-2H3. The van der Waals surface area contributed by atoms with Gasteiger partial charge in [0, 0.05) is 44.8 Å². The number of nitrogens with one attached hydrogen (secondary N) is 1. The predicted molar refractivity (Wildman–Crippen MR) is 125 cm³/mol. The summed E-state index contributed by atoms with van der Waals surface area (Å²) in [4.78, 5) is 22.4. The van der Waals surface area contributed by atoms with E-state index in [2.05, 4.69) is 25.5 Å². The Morgan fingerprint density at radius 1 is 1.09 bits per heavy atom. The Morgan fingerprint density at radius 2 is 1.84 bits per heavy atom. The molecular formula is C21H22Cl2N8O. The quantitative estimate of drug-likeness (QED) is 0.688. The molecule has 3 atom stereocenters. The normalized spacial score (nSPS) is 27.4. The highest BCUT2D eigenvalue weighted by Crippen LogP contribution is 2.36. The molecule has 0 aliphatic carbocycles. The molecule has 0 saturated carbocycles. The van der Waals surface area contributed by atoms with Crippen LogP contribution in [0.2, 0.25) is 10.2 Å². The zero-order chi connectivity index (χ0) is 22.1. The molecule has 1 N–H and O–H groups in total. The maximum atomic E-state index is 13.6. The summed E-state index contributed by atoms with van der Waals surface area (Å²) in [6.45, 7) is 1.80. The van der Waals surface area contributed by atoms with Crippen LogP contribution in [0.25, 0.3) is 10.9 Å². The summed E-state index contributed by atoms with van der Waals surface area (Å²) >= 11 is 13.1. The molecule has 166 valence electrons. The fraction of sp³-hybridized carbons (Fsp3) is 0.476. The van der Waals surface area contributed by atoms with Gasteiger partial charge in [0.15, 0.2) is 5.84 Å². The van der Waals surface area contributed by atoms with E-state index in [4.69, 9.17) is 28.2 Å². The highest BCUT2D eigenvalue weighted by Gasteiger charge is 2.46. The van der Waals surface area contributed by atoms with Gasteiger partial charge in [0.05, 0.1) is 21.6 Å². The van der Waals surface area contributed by atoms with E-state index < -0.39 is 5.92 Å². The third-order valence-corrected chi connectivity index (χ3v) is 7.71. The smallest absolute Gasteiger partial charge is 0.246 e. The first-order chi connectivity index (χ1) is 15.5. The van der Waals surface area contributed by atoms with Crippen molar-refractivity contribution in [2.75, 3.05) is 20.1 Å². The Kier molecular flexibility index (Phi) is 4.57. The Balaban J connectivity index is 1.38. The van der Waals surface area contributed by atoms with Gasteiger partial charge in [-0.2, -0.15) is 15.2 Å². The monoisotopic (exact) mass is 472 g/mol. The number of carbonyl (C=O) groups is 1. The fourth-order valence-electron chi connectivity index (χ4n) is 5.29. The number of rotatable bonds is 1. The lowest BCUT2D eigenvalue weighted by Gasteiger charge is -2.50. The van der Waals surface area contributed by atoms with Gasteiger partial charge in [0.2, 0.25) is 11.9 Å². The topological polar surface area (TPSA) is 90.5 Å². The molecule has 1 amide bonds. The van der Waals surface area contributed by atoms with E-state index in [0.29, 0.717) is 56.2 Å². The number of aromatic nitrogens is 2. The molecule has 2 bridgehead atoms. The molecular weight excluding hydrogens is 451 g/mol. The van der Waals surface area contributed by atoms with E-state index in [1.54, 1.807) is 23.7 Å². The molecule has 3 unspecified atom stereocenters. The number of benzene rings is 1. The lowest BCUT2D eigenvalue weighted by atomic mass is 9.91. The van der Waals surface area contributed by atoms with Crippen molar-refractivity contribution in [3.05, 3.63) is 27.9 Å². The molecule has 1 aromatic heterocycles. The summed E-state index contributed by atoms with van der Waals surface area (Å²) in [5.74, 6) is 0.310. The van der Waals surface area contributed by atoms with Crippen LogP contribution in [0.4, 0.5) is 0 Å². The first-order valence-electron chi connectivity index (χ1n) is 10.8. The summed E-state index contributed by atoms with van der Waals surface area (Å²) in [6.07, 6.45) is 3.38. The van der Waals surface area contributed by atoms with E-state index in [9.17, 15) is 4.79 Å². The second kappa shape index (κ2) is 7.26. The number of fused-ring (bicyclic) bond motifs is 4. The van der Waals surface area contributed by atoms with Gasteiger partial charge in [-0.15, -0.1) is 5.10 Å². The van der Waals surface area contributed by atoms with Crippen LogP contribution in [-0.2, 0) is 11.8 Å². The number of guanidine groups is 1. The van der Waals surface area contributed by atoms with Crippen molar-refractivity contribution in [3.8, 4) is 0 Å². The summed E-state index contributed by atoms with van der Waals surface area (Å²) < 4.78 is 1.57. The number of aryl methyl sites for hydroxylation is 1. The molecule has 32 heavy (non-hydrogen) atoms. The highest BCUT2D eigenvalue weighted by molar-refractivity contribution is 6.45. The van der Waals surface area contributed by atoms with Crippen molar-refractivity contribution in [3.63, 3.8) is 0 Å². The van der Waals surface area contributed by atoms with Crippen molar-refractivity contribution in [1.82, 2.24) is 24.9 Å². The minimum Gasteiger partial charge on any atom is -0.334 e. The van der Waals surface area contributed by atoms with Crippen molar-refractivity contribution < 1.29 is 4.79 Å². The van der Waals surface area contributed by atoms with Gasteiger partial charge in [-0.3, -0.25) is 14.4 Å². The Hall–Kier alpha value is -2.49. The minimum atomic E-state index is -0.683. The number of amides is 1. The van der Waals surface area contributed by atoms with E-state index in [0.717, 1.165) is 25.9 Å². The van der Waals surface area contributed by atoms with Crippen LogP contribution >= 0.6 is 23.2 Å². The molecule has 0 radical (unpaired) electrons. The minimum absolute atomic E-state index is 0.102. The van der Waals surface area contributed by atoms with Gasteiger partial charge >= 0.3 is 0 Å². The average molecular weight is 473 g/mol. The molecule has 2 aromatic rings. The summed E-state index contributed by atoms with van der Waals surface area (Å²) in [6, 6.07) is 4.31. The lowest BCUT2D eigenvalue weighted by molar-refractivity contribution is -0.127. The third kappa shape index (κ3) is 2.77. The van der Waals surface area contributed by atoms with E-state index >= 15 is 0 Å². The van der Waals surface area contributed by atoms with Gasteiger partial charge in [-0.05, 0) is 31.4 Å². The summed E-state index contributed by atoms with van der Waals surface area (Å²) in [5.41, 5.74) is 1.80. The molecule has 11 heteroatoms. The molecule has 0 spiro atoms. The largest absolute Gasteiger partial charge is 0.334 e. The molecule has 4 aliphatic rings. The number of hydrogen-bond acceptors (Lipinski definition) is 7. The average Bonchev–Trinajstić information content (AvgIpc) is 3.31. The first-order valence-corrected chi connectivity index (χ1v) is 11.5. The van der Waals surface area contributed by atoms with E-state index in [1.807, 2.05) is 12.1 Å². The number of piperidine rings is 1.